The molecule has 0 spiro atoms. The maximum atomic E-state index is 11.5. The number of carboxylic acids is 2. The molecule has 2 aromatic carbocycles. The second-order valence-electron chi connectivity index (χ2n) is 4.94. The van der Waals surface area contributed by atoms with Crippen LogP contribution in [0, 0.1) is 30.3 Å². The Kier molecular flexibility index (Phi) is 4.78. The van der Waals surface area contributed by atoms with Gasteiger partial charge in [0.1, 0.15) is 0 Å². The Hall–Kier alpha value is -4.42. The molecule has 13 heteroatoms. The van der Waals surface area contributed by atoms with Crippen molar-refractivity contribution in [2.24, 2.45) is 0 Å². The van der Waals surface area contributed by atoms with Crippen molar-refractivity contribution in [1.29, 1.82) is 0 Å². The summed E-state index contributed by atoms with van der Waals surface area (Å²) >= 11 is 0. The minimum absolute atomic E-state index is 0.507. The monoisotopic (exact) mass is 377 g/mol. The lowest BCUT2D eigenvalue weighted by Crippen LogP contribution is -2.11. The van der Waals surface area contributed by atoms with Gasteiger partial charge in [-0.1, -0.05) is 12.1 Å². The van der Waals surface area contributed by atoms with Crippen molar-refractivity contribution < 1.29 is 34.6 Å². The molecule has 0 unspecified atom stereocenters. The van der Waals surface area contributed by atoms with Gasteiger partial charge in [-0.25, -0.2) is 9.59 Å². The highest BCUT2D eigenvalue weighted by Crippen LogP contribution is 2.44. The summed E-state index contributed by atoms with van der Waals surface area (Å²) in [5.74, 6) is -3.40. The Morgan fingerprint density at radius 3 is 1.78 bits per heavy atom. The molecule has 2 N–H and O–H groups in total. The Labute approximate surface area is 147 Å². The number of hydrogen-bond acceptors (Lipinski definition) is 8. The molecule has 0 amide bonds. The van der Waals surface area contributed by atoms with Crippen LogP contribution in [0.2, 0.25) is 0 Å². The highest BCUT2D eigenvalue weighted by molar-refractivity contribution is 6.07. The molecule has 138 valence electrons. The van der Waals surface area contributed by atoms with Gasteiger partial charge in [-0.15, -0.1) is 0 Å². The summed E-state index contributed by atoms with van der Waals surface area (Å²) in [6.45, 7) is 0. The van der Waals surface area contributed by atoms with Gasteiger partial charge in [-0.2, -0.15) is 0 Å². The van der Waals surface area contributed by atoms with Crippen LogP contribution in [0.4, 0.5) is 17.1 Å². The first-order valence-corrected chi connectivity index (χ1v) is 6.78. The van der Waals surface area contributed by atoms with E-state index in [1.807, 2.05) is 0 Å². The van der Waals surface area contributed by atoms with Gasteiger partial charge in [-0.3, -0.25) is 30.3 Å². The quantitative estimate of drug-likeness (QED) is 0.555. The minimum Gasteiger partial charge on any atom is -0.478 e. The van der Waals surface area contributed by atoms with E-state index in [4.69, 9.17) is 5.11 Å². The molecule has 0 aliphatic carbocycles. The number of nitro benzene ring substituents is 3. The Morgan fingerprint density at radius 2 is 1.33 bits per heavy atom. The fourth-order valence-corrected chi connectivity index (χ4v) is 2.48. The first-order valence-electron chi connectivity index (χ1n) is 6.78. The van der Waals surface area contributed by atoms with E-state index in [-0.39, 0.29) is 0 Å². The zero-order chi connectivity index (χ0) is 20.5. The van der Waals surface area contributed by atoms with E-state index in [1.165, 1.54) is 0 Å². The summed E-state index contributed by atoms with van der Waals surface area (Å²) in [5, 5.41) is 52.1. The van der Waals surface area contributed by atoms with Crippen molar-refractivity contribution in [1.82, 2.24) is 0 Å². The SMILES string of the molecule is O=C(O)c1cccc(-c2ccc([N+](=O)[O-])c([N+](=O)[O-])c2[N+](=O)[O-])c1C(=O)O. The number of carbonyl (C=O) groups is 2. The van der Waals surface area contributed by atoms with E-state index < -0.39 is 66.0 Å². The van der Waals surface area contributed by atoms with Crippen molar-refractivity contribution in [3.8, 4) is 11.1 Å². The molecule has 0 saturated carbocycles. The van der Waals surface area contributed by atoms with Crippen LogP contribution in [-0.4, -0.2) is 36.9 Å². The average Bonchev–Trinajstić information content (AvgIpc) is 2.59. The van der Waals surface area contributed by atoms with Crippen LogP contribution in [0.15, 0.2) is 30.3 Å². The number of nitrogens with zero attached hydrogens (tertiary/aromatic N) is 3. The molecule has 0 bridgehead atoms. The van der Waals surface area contributed by atoms with Crippen LogP contribution in [-0.2, 0) is 0 Å². The smallest absolute Gasteiger partial charge is 0.422 e. The van der Waals surface area contributed by atoms with Gasteiger partial charge in [0.15, 0.2) is 0 Å². The molecular weight excluding hydrogens is 370 g/mol. The highest BCUT2D eigenvalue weighted by atomic mass is 16.6. The second-order valence-corrected chi connectivity index (χ2v) is 4.94. The van der Waals surface area contributed by atoms with Crippen LogP contribution in [0.1, 0.15) is 20.7 Å². The van der Waals surface area contributed by atoms with E-state index in [9.17, 15) is 45.0 Å². The Morgan fingerprint density at radius 1 is 0.741 bits per heavy atom. The zero-order valence-corrected chi connectivity index (χ0v) is 12.9. The van der Waals surface area contributed by atoms with E-state index in [0.717, 1.165) is 24.3 Å². The van der Waals surface area contributed by atoms with Gasteiger partial charge in [-0.05, 0) is 12.1 Å². The minimum atomic E-state index is -1.75. The number of hydrogen-bond donors (Lipinski definition) is 2. The summed E-state index contributed by atoms with van der Waals surface area (Å²) in [5.41, 5.74) is -6.64. The lowest BCUT2D eigenvalue weighted by molar-refractivity contribution is -0.440. The predicted molar refractivity (Wildman–Crippen MR) is 85.8 cm³/mol. The maximum absolute atomic E-state index is 11.5. The zero-order valence-electron chi connectivity index (χ0n) is 12.9. The standard InChI is InChI=1S/C14H7N3O10/c18-13(19)8-3-1-2-6(10(8)14(20)21)7-4-5-9(15(22)23)12(17(26)27)11(7)16(24)25/h1-5H,(H,18,19)(H,20,21). The van der Waals surface area contributed by atoms with Crippen molar-refractivity contribution in [3.05, 3.63) is 71.8 Å². The molecule has 0 heterocycles. The van der Waals surface area contributed by atoms with E-state index in [1.54, 1.807) is 0 Å². The van der Waals surface area contributed by atoms with Gasteiger partial charge in [0, 0.05) is 11.6 Å². The van der Waals surface area contributed by atoms with Gasteiger partial charge >= 0.3 is 29.0 Å². The molecule has 2 aromatic rings. The molecule has 0 fully saturated rings. The highest BCUT2D eigenvalue weighted by Gasteiger charge is 2.40. The Balaban J connectivity index is 3.03. The summed E-state index contributed by atoms with van der Waals surface area (Å²) in [6.07, 6.45) is 0. The van der Waals surface area contributed by atoms with Crippen molar-refractivity contribution in [3.63, 3.8) is 0 Å². The number of benzene rings is 2. The summed E-state index contributed by atoms with van der Waals surface area (Å²) in [7, 11) is 0. The van der Waals surface area contributed by atoms with Gasteiger partial charge in [0.05, 0.1) is 31.5 Å². The largest absolute Gasteiger partial charge is 0.478 e. The van der Waals surface area contributed by atoms with Crippen molar-refractivity contribution >= 4 is 29.0 Å². The van der Waals surface area contributed by atoms with Gasteiger partial charge in [0.2, 0.25) is 0 Å². The maximum Gasteiger partial charge on any atom is 0.422 e. The van der Waals surface area contributed by atoms with E-state index in [0.29, 0.717) is 6.07 Å². The van der Waals surface area contributed by atoms with Crippen LogP contribution in [0.5, 0.6) is 0 Å². The van der Waals surface area contributed by atoms with E-state index >= 15 is 0 Å². The molecule has 0 radical (unpaired) electrons. The number of nitro groups is 3. The molecule has 0 aromatic heterocycles. The van der Waals surface area contributed by atoms with Crippen molar-refractivity contribution in [2.75, 3.05) is 0 Å². The average molecular weight is 377 g/mol. The molecule has 27 heavy (non-hydrogen) atoms. The molecule has 0 atom stereocenters. The lowest BCUT2D eigenvalue weighted by Gasteiger charge is -2.10. The third-order valence-corrected chi connectivity index (χ3v) is 3.49. The van der Waals surface area contributed by atoms with Crippen LogP contribution in [0.25, 0.3) is 11.1 Å². The third-order valence-electron chi connectivity index (χ3n) is 3.49. The first kappa shape index (κ1) is 18.9. The molecule has 0 aliphatic rings. The van der Waals surface area contributed by atoms with Gasteiger partial charge in [0.25, 0.3) is 0 Å². The van der Waals surface area contributed by atoms with Gasteiger partial charge < -0.3 is 10.2 Å². The first-order chi connectivity index (χ1) is 12.6. The molecule has 0 saturated heterocycles. The van der Waals surface area contributed by atoms with Crippen LogP contribution < -0.4 is 0 Å². The summed E-state index contributed by atoms with van der Waals surface area (Å²) in [4.78, 5) is 52.6. The number of carboxylic acid groups (broad SMARTS) is 2. The van der Waals surface area contributed by atoms with Crippen molar-refractivity contribution in [2.45, 2.75) is 0 Å². The predicted octanol–water partition coefficient (Wildman–Crippen LogP) is 2.47. The van der Waals surface area contributed by atoms with Crippen LogP contribution >= 0.6 is 0 Å². The number of aromatic carboxylic acids is 2. The molecule has 0 aliphatic heterocycles. The summed E-state index contributed by atoms with van der Waals surface area (Å²) in [6, 6.07) is 4.40. The Bertz CT molecular complexity index is 1030. The topological polar surface area (TPSA) is 204 Å². The summed E-state index contributed by atoms with van der Waals surface area (Å²) < 4.78 is 0. The van der Waals surface area contributed by atoms with Crippen LogP contribution in [0.3, 0.4) is 0 Å². The third kappa shape index (κ3) is 3.23. The normalized spacial score (nSPS) is 10.2. The fourth-order valence-electron chi connectivity index (χ4n) is 2.48. The number of rotatable bonds is 6. The lowest BCUT2D eigenvalue weighted by atomic mass is 9.93. The fraction of sp³-hybridized carbons (Fsp3) is 0. The molecule has 2 rings (SSSR count). The van der Waals surface area contributed by atoms with E-state index in [2.05, 4.69) is 0 Å². The molecular formula is C14H7N3O10. The molecule has 13 nitrogen and oxygen atoms in total. The second kappa shape index (κ2) is 6.83.